The number of benzene rings is 1. The molecule has 2 unspecified atom stereocenters. The lowest BCUT2D eigenvalue weighted by Gasteiger charge is -2.45. The Kier molecular flexibility index (Phi) is 5.10. The Balaban J connectivity index is 1.81. The molecule has 7 nitrogen and oxygen atoms in total. The fourth-order valence-electron chi connectivity index (χ4n) is 4.46. The van der Waals surface area contributed by atoms with Crippen molar-refractivity contribution in [1.29, 1.82) is 0 Å². The Morgan fingerprint density at radius 3 is 2.57 bits per heavy atom. The second-order valence-electron chi connectivity index (χ2n) is 8.97. The predicted molar refractivity (Wildman–Crippen MR) is 119 cm³/mol. The van der Waals surface area contributed by atoms with Crippen LogP contribution in [0.5, 0.6) is 0 Å². The number of nitrogen functional groups attached to an aromatic ring is 1. The lowest BCUT2D eigenvalue weighted by atomic mass is 9.79. The van der Waals surface area contributed by atoms with E-state index in [2.05, 4.69) is 41.5 Å². The molecule has 0 spiro atoms. The van der Waals surface area contributed by atoms with Gasteiger partial charge in [-0.3, -0.25) is 0 Å². The molecule has 2 aromatic heterocycles. The maximum atomic E-state index is 11.8. The molecule has 1 amide bonds. The topological polar surface area (TPSA) is 97.3 Å². The molecular weight excluding hydrogens is 402 g/mol. The van der Waals surface area contributed by atoms with E-state index in [-0.39, 0.29) is 17.5 Å². The summed E-state index contributed by atoms with van der Waals surface area (Å²) in [5.74, 6) is 0. The molecule has 0 radical (unpaired) electrons. The van der Waals surface area contributed by atoms with E-state index in [0.29, 0.717) is 30.2 Å². The largest absolute Gasteiger partial charge is 0.465 e. The third kappa shape index (κ3) is 3.58. The maximum Gasteiger partial charge on any atom is 0.407 e. The van der Waals surface area contributed by atoms with Gasteiger partial charge in [0.05, 0.1) is 5.39 Å². The van der Waals surface area contributed by atoms with E-state index in [1.54, 1.807) is 4.90 Å². The molecule has 1 saturated heterocycles. The van der Waals surface area contributed by atoms with Crippen LogP contribution in [0, 0.1) is 5.41 Å². The molecule has 8 heteroatoms. The van der Waals surface area contributed by atoms with Crippen LogP contribution in [0.15, 0.2) is 36.8 Å². The van der Waals surface area contributed by atoms with Crippen LogP contribution in [0.4, 0.5) is 10.5 Å². The van der Waals surface area contributed by atoms with Crippen LogP contribution >= 0.6 is 11.6 Å². The van der Waals surface area contributed by atoms with Crippen molar-refractivity contribution in [3.05, 3.63) is 41.9 Å². The number of likely N-dealkylation sites (tertiary alicyclic amines) is 1. The second kappa shape index (κ2) is 7.47. The summed E-state index contributed by atoms with van der Waals surface area (Å²) >= 11 is 6.49. The number of aromatic nitrogens is 3. The number of hydrogen-bond donors (Lipinski definition) is 2. The van der Waals surface area contributed by atoms with Crippen LogP contribution < -0.4 is 5.73 Å². The van der Waals surface area contributed by atoms with E-state index < -0.39 is 6.09 Å². The van der Waals surface area contributed by atoms with Crippen molar-refractivity contribution in [1.82, 2.24) is 19.4 Å². The predicted octanol–water partition coefficient (Wildman–Crippen LogP) is 5.06. The van der Waals surface area contributed by atoms with Crippen molar-refractivity contribution in [3.8, 4) is 11.1 Å². The SMILES string of the molecule is CC(C)(C)C1CC(n2cc(-c3ccc(N)cc3)c3c(Cl)ncnc32)CCN1C(=O)O. The third-order valence-corrected chi connectivity index (χ3v) is 6.28. The van der Waals surface area contributed by atoms with Crippen molar-refractivity contribution in [3.63, 3.8) is 0 Å². The summed E-state index contributed by atoms with van der Waals surface area (Å²) in [5.41, 5.74) is 9.07. The highest BCUT2D eigenvalue weighted by Crippen LogP contribution is 2.41. The Hall–Kier alpha value is -2.80. The zero-order chi connectivity index (χ0) is 21.6. The number of carboxylic acid groups (broad SMARTS) is 1. The number of fused-ring (bicyclic) bond motifs is 1. The van der Waals surface area contributed by atoms with Gasteiger partial charge in [-0.1, -0.05) is 44.5 Å². The van der Waals surface area contributed by atoms with Gasteiger partial charge in [0.15, 0.2) is 0 Å². The first kappa shape index (κ1) is 20.5. The molecule has 1 aromatic carbocycles. The highest BCUT2D eigenvalue weighted by Gasteiger charge is 2.39. The van der Waals surface area contributed by atoms with Crippen LogP contribution in [0.25, 0.3) is 22.2 Å². The van der Waals surface area contributed by atoms with Crippen molar-refractivity contribution < 1.29 is 9.90 Å². The van der Waals surface area contributed by atoms with E-state index in [1.807, 2.05) is 24.3 Å². The van der Waals surface area contributed by atoms with Crippen molar-refractivity contribution in [2.45, 2.75) is 45.7 Å². The van der Waals surface area contributed by atoms with E-state index >= 15 is 0 Å². The van der Waals surface area contributed by atoms with Gasteiger partial charge in [0.25, 0.3) is 0 Å². The number of nitrogens with zero attached hydrogens (tertiary/aromatic N) is 4. The number of carbonyl (C=O) groups is 1. The summed E-state index contributed by atoms with van der Waals surface area (Å²) in [6.07, 6.45) is 4.10. The Morgan fingerprint density at radius 2 is 1.93 bits per heavy atom. The summed E-state index contributed by atoms with van der Waals surface area (Å²) < 4.78 is 2.15. The monoisotopic (exact) mass is 427 g/mol. The summed E-state index contributed by atoms with van der Waals surface area (Å²) in [6, 6.07) is 7.66. The Labute approximate surface area is 180 Å². The maximum absolute atomic E-state index is 11.8. The molecule has 158 valence electrons. The number of anilines is 1. The molecule has 2 atom stereocenters. The van der Waals surface area contributed by atoms with Crippen LogP contribution in [-0.4, -0.2) is 43.2 Å². The van der Waals surface area contributed by atoms with Gasteiger partial charge in [0.1, 0.15) is 17.1 Å². The highest BCUT2D eigenvalue weighted by molar-refractivity contribution is 6.35. The summed E-state index contributed by atoms with van der Waals surface area (Å²) in [6.45, 7) is 6.74. The quantitative estimate of drug-likeness (QED) is 0.439. The number of amides is 1. The first-order valence-electron chi connectivity index (χ1n) is 10.0. The summed E-state index contributed by atoms with van der Waals surface area (Å²) in [7, 11) is 0. The van der Waals surface area contributed by atoms with E-state index in [1.165, 1.54) is 6.33 Å². The van der Waals surface area contributed by atoms with Gasteiger partial charge < -0.3 is 20.3 Å². The fraction of sp³-hybridized carbons (Fsp3) is 0.409. The summed E-state index contributed by atoms with van der Waals surface area (Å²) in [5, 5.41) is 10.9. The molecule has 0 bridgehead atoms. The number of hydrogen-bond acceptors (Lipinski definition) is 4. The minimum Gasteiger partial charge on any atom is -0.465 e. The zero-order valence-electron chi connectivity index (χ0n) is 17.3. The molecule has 0 saturated carbocycles. The first-order valence-corrected chi connectivity index (χ1v) is 10.4. The van der Waals surface area contributed by atoms with Gasteiger partial charge in [-0.05, 0) is 36.0 Å². The zero-order valence-corrected chi connectivity index (χ0v) is 18.1. The molecule has 30 heavy (non-hydrogen) atoms. The van der Waals surface area contributed by atoms with E-state index in [4.69, 9.17) is 17.3 Å². The lowest BCUT2D eigenvalue weighted by molar-refractivity contribution is 0.0435. The first-order chi connectivity index (χ1) is 14.2. The van der Waals surface area contributed by atoms with Gasteiger partial charge in [-0.15, -0.1) is 0 Å². The second-order valence-corrected chi connectivity index (χ2v) is 9.33. The van der Waals surface area contributed by atoms with Gasteiger partial charge in [-0.2, -0.15) is 0 Å². The van der Waals surface area contributed by atoms with Gasteiger partial charge in [-0.25, -0.2) is 14.8 Å². The number of rotatable bonds is 2. The minimum atomic E-state index is -0.862. The molecule has 4 rings (SSSR count). The normalized spacial score (nSPS) is 19.9. The Bertz CT molecular complexity index is 1090. The van der Waals surface area contributed by atoms with Crippen LogP contribution in [0.3, 0.4) is 0 Å². The molecule has 1 aliphatic heterocycles. The third-order valence-electron chi connectivity index (χ3n) is 6.00. The smallest absolute Gasteiger partial charge is 0.407 e. The van der Waals surface area contributed by atoms with Crippen LogP contribution in [0.2, 0.25) is 5.15 Å². The standard InChI is InChI=1S/C22H26ClN5O2/c1-22(2,3)17-10-15(8-9-27(17)21(29)30)28-11-16(13-4-6-14(24)7-5-13)18-19(23)25-12-26-20(18)28/h4-7,11-12,15,17H,8-10,24H2,1-3H3,(H,29,30). The number of halogens is 1. The molecule has 3 heterocycles. The van der Waals surface area contributed by atoms with Gasteiger partial charge in [0.2, 0.25) is 0 Å². The van der Waals surface area contributed by atoms with E-state index in [0.717, 1.165) is 22.2 Å². The average Bonchev–Trinajstić information content (AvgIpc) is 3.08. The molecular formula is C22H26ClN5O2. The van der Waals surface area contributed by atoms with Crippen molar-refractivity contribution >= 4 is 34.4 Å². The fourth-order valence-corrected chi connectivity index (χ4v) is 4.69. The van der Waals surface area contributed by atoms with Crippen LogP contribution in [0.1, 0.15) is 39.7 Å². The summed E-state index contributed by atoms with van der Waals surface area (Å²) in [4.78, 5) is 22.1. The molecule has 0 aliphatic carbocycles. The van der Waals surface area contributed by atoms with Crippen LogP contribution in [-0.2, 0) is 0 Å². The Morgan fingerprint density at radius 1 is 1.23 bits per heavy atom. The molecule has 3 N–H and O–H groups in total. The minimum absolute atomic E-state index is 0.0940. The molecule has 1 fully saturated rings. The van der Waals surface area contributed by atoms with E-state index in [9.17, 15) is 9.90 Å². The van der Waals surface area contributed by atoms with Crippen molar-refractivity contribution in [2.24, 2.45) is 5.41 Å². The van der Waals surface area contributed by atoms with Crippen molar-refractivity contribution in [2.75, 3.05) is 12.3 Å². The van der Waals surface area contributed by atoms with Gasteiger partial charge in [0, 0.05) is 36.1 Å². The molecule has 3 aromatic rings. The number of nitrogens with two attached hydrogens (primary N) is 1. The lowest BCUT2D eigenvalue weighted by Crippen LogP contribution is -2.51. The highest BCUT2D eigenvalue weighted by atomic mass is 35.5. The molecule has 1 aliphatic rings. The van der Waals surface area contributed by atoms with Gasteiger partial charge >= 0.3 is 6.09 Å². The average molecular weight is 428 g/mol. The number of piperidine rings is 1.